The lowest BCUT2D eigenvalue weighted by Crippen LogP contribution is -2.54. The molecule has 0 aliphatic carbocycles. The molecule has 2 amide bonds. The quantitative estimate of drug-likeness (QED) is 0.687. The zero-order valence-electron chi connectivity index (χ0n) is 17.1. The summed E-state index contributed by atoms with van der Waals surface area (Å²) >= 11 is 0. The van der Waals surface area contributed by atoms with E-state index in [1.807, 2.05) is 24.0 Å². The van der Waals surface area contributed by atoms with Gasteiger partial charge in [0.15, 0.2) is 0 Å². The molecule has 0 saturated carbocycles. The Hall–Kier alpha value is -1.99. The van der Waals surface area contributed by atoms with Crippen LogP contribution >= 0.6 is 0 Å². The third-order valence-corrected chi connectivity index (χ3v) is 5.89. The summed E-state index contributed by atoms with van der Waals surface area (Å²) in [5, 5.41) is 21.2. The fourth-order valence-electron chi connectivity index (χ4n) is 4.57. The van der Waals surface area contributed by atoms with Crippen LogP contribution in [0.5, 0.6) is 5.75 Å². The minimum Gasteiger partial charge on any atom is -0.494 e. The van der Waals surface area contributed by atoms with Gasteiger partial charge < -0.3 is 30.1 Å². The third-order valence-electron chi connectivity index (χ3n) is 5.89. The van der Waals surface area contributed by atoms with Gasteiger partial charge in [0.1, 0.15) is 5.75 Å². The predicted molar refractivity (Wildman–Crippen MR) is 109 cm³/mol. The van der Waals surface area contributed by atoms with Crippen LogP contribution in [-0.4, -0.2) is 72.7 Å². The fraction of sp³-hybridized carbons (Fsp3) is 0.667. The van der Waals surface area contributed by atoms with Crippen LogP contribution in [0.15, 0.2) is 24.3 Å². The van der Waals surface area contributed by atoms with E-state index in [0.717, 1.165) is 24.4 Å². The van der Waals surface area contributed by atoms with Gasteiger partial charge >= 0.3 is 6.03 Å². The molecule has 0 aromatic heterocycles. The van der Waals surface area contributed by atoms with Crippen molar-refractivity contribution in [2.45, 2.75) is 39.3 Å². The highest BCUT2D eigenvalue weighted by atomic mass is 16.5. The molecule has 1 aromatic carbocycles. The van der Waals surface area contributed by atoms with Crippen molar-refractivity contribution in [3.63, 3.8) is 0 Å². The number of carbonyl (C=O) groups is 1. The van der Waals surface area contributed by atoms with Crippen LogP contribution < -0.4 is 15.0 Å². The molecule has 28 heavy (non-hydrogen) atoms. The minimum atomic E-state index is -0.926. The van der Waals surface area contributed by atoms with Crippen molar-refractivity contribution >= 4 is 11.7 Å². The second-order valence-electron chi connectivity index (χ2n) is 8.58. The van der Waals surface area contributed by atoms with Crippen molar-refractivity contribution in [1.82, 2.24) is 10.2 Å². The molecule has 3 N–H and O–H groups in total. The molecule has 3 aliphatic heterocycles. The lowest BCUT2D eigenvalue weighted by Gasteiger charge is -2.48. The molecule has 3 heterocycles. The summed E-state index contributed by atoms with van der Waals surface area (Å²) in [5.41, 5.74) is 1.24. The second-order valence-corrected chi connectivity index (χ2v) is 8.58. The number of amides is 2. The number of piperidine rings is 1. The first-order valence-corrected chi connectivity index (χ1v) is 10.1. The molecule has 3 fully saturated rings. The Bertz CT molecular complexity index is 664. The van der Waals surface area contributed by atoms with Gasteiger partial charge in [0.25, 0.3) is 0 Å². The van der Waals surface area contributed by atoms with Crippen molar-refractivity contribution in [1.29, 1.82) is 0 Å². The number of hydrogen-bond donors (Lipinski definition) is 3. The number of carbonyl (C=O) groups excluding carboxylic acids is 1. The highest BCUT2D eigenvalue weighted by Crippen LogP contribution is 2.43. The molecule has 3 aliphatic rings. The molecule has 1 unspecified atom stereocenters. The minimum absolute atomic E-state index is 0.0627. The smallest absolute Gasteiger partial charge is 0.317 e. The zero-order valence-corrected chi connectivity index (χ0v) is 17.1. The summed E-state index contributed by atoms with van der Waals surface area (Å²) in [6, 6.07) is 8.25. The molecule has 0 spiro atoms. The van der Waals surface area contributed by atoms with E-state index in [1.54, 1.807) is 0 Å². The van der Waals surface area contributed by atoms with Gasteiger partial charge in [0.2, 0.25) is 0 Å². The van der Waals surface area contributed by atoms with Gasteiger partial charge in [0, 0.05) is 31.9 Å². The number of fused-ring (bicyclic) bond motifs is 4. The molecule has 3 atom stereocenters. The normalized spacial score (nSPS) is 24.6. The standard InChI is InChI=1S/C21H33N3O4/c1-4-28-18-7-5-16(6-8-18)24-12-15-9-21(2,3)19(24)13-23(11-15)20(27)22-10-17(26)14-25/h5-8,15,17,19,25-26H,4,9-14H2,1-3H3,(H,22,27)/t15-,17?,19-/m1/s1. The fourth-order valence-corrected chi connectivity index (χ4v) is 4.57. The van der Waals surface area contributed by atoms with E-state index < -0.39 is 6.10 Å². The largest absolute Gasteiger partial charge is 0.494 e. The molecular weight excluding hydrogens is 358 g/mol. The molecule has 7 nitrogen and oxygen atoms in total. The van der Waals surface area contributed by atoms with Gasteiger partial charge in [-0.15, -0.1) is 0 Å². The number of benzene rings is 1. The lowest BCUT2D eigenvalue weighted by molar-refractivity contribution is 0.0938. The molecule has 7 heteroatoms. The Morgan fingerprint density at radius 3 is 2.64 bits per heavy atom. The maximum absolute atomic E-state index is 12.6. The van der Waals surface area contributed by atoms with Crippen LogP contribution in [0, 0.1) is 11.3 Å². The Morgan fingerprint density at radius 1 is 1.29 bits per heavy atom. The van der Waals surface area contributed by atoms with Crippen molar-refractivity contribution in [3.05, 3.63) is 24.3 Å². The van der Waals surface area contributed by atoms with E-state index in [4.69, 9.17) is 9.84 Å². The lowest BCUT2D eigenvalue weighted by atomic mass is 9.73. The van der Waals surface area contributed by atoms with Crippen LogP contribution in [-0.2, 0) is 0 Å². The predicted octanol–water partition coefficient (Wildman–Crippen LogP) is 1.68. The monoisotopic (exact) mass is 391 g/mol. The number of urea groups is 1. The van der Waals surface area contributed by atoms with Crippen molar-refractivity contribution < 1.29 is 19.7 Å². The first kappa shape index (κ1) is 20.7. The molecule has 2 bridgehead atoms. The number of rotatable bonds is 6. The number of aliphatic hydroxyl groups excluding tert-OH is 2. The van der Waals surface area contributed by atoms with E-state index in [0.29, 0.717) is 25.6 Å². The first-order valence-electron chi connectivity index (χ1n) is 10.1. The maximum Gasteiger partial charge on any atom is 0.317 e. The van der Waals surface area contributed by atoms with Gasteiger partial charge in [-0.3, -0.25) is 0 Å². The Kier molecular flexibility index (Phi) is 6.35. The average molecular weight is 392 g/mol. The Morgan fingerprint density at radius 2 is 2.00 bits per heavy atom. The summed E-state index contributed by atoms with van der Waals surface area (Å²) < 4.78 is 5.56. The highest BCUT2D eigenvalue weighted by molar-refractivity contribution is 5.74. The number of aliphatic hydroxyl groups is 2. The SMILES string of the molecule is CCOc1ccc(N2C[C@H]3CN(C(=O)NCC(O)CO)C[C@@H]2C(C)(C)C3)cc1. The maximum atomic E-state index is 12.6. The molecule has 0 radical (unpaired) electrons. The van der Waals surface area contributed by atoms with Crippen molar-refractivity contribution in [2.24, 2.45) is 11.3 Å². The third kappa shape index (κ3) is 4.52. The molecular formula is C21H33N3O4. The Balaban J connectivity index is 1.76. The van der Waals surface area contributed by atoms with Gasteiger partial charge in [-0.05, 0) is 48.9 Å². The van der Waals surface area contributed by atoms with Crippen LogP contribution in [0.3, 0.4) is 0 Å². The van der Waals surface area contributed by atoms with E-state index in [1.165, 1.54) is 0 Å². The molecule has 1 aromatic rings. The number of ether oxygens (including phenoxy) is 1. The van der Waals surface area contributed by atoms with Crippen molar-refractivity contribution in [2.75, 3.05) is 44.3 Å². The molecule has 156 valence electrons. The summed E-state index contributed by atoms with van der Waals surface area (Å²) in [5.74, 6) is 1.25. The number of hydrogen-bond acceptors (Lipinski definition) is 5. The summed E-state index contributed by atoms with van der Waals surface area (Å²) in [6.45, 7) is 9.15. The van der Waals surface area contributed by atoms with E-state index in [-0.39, 0.29) is 30.6 Å². The van der Waals surface area contributed by atoms with E-state index in [2.05, 4.69) is 36.2 Å². The van der Waals surface area contributed by atoms with Gasteiger partial charge in [0.05, 0.1) is 25.4 Å². The number of nitrogens with zero attached hydrogens (tertiary/aromatic N) is 2. The van der Waals surface area contributed by atoms with Gasteiger partial charge in [-0.1, -0.05) is 13.8 Å². The van der Waals surface area contributed by atoms with Crippen LogP contribution in [0.25, 0.3) is 0 Å². The first-order chi connectivity index (χ1) is 13.3. The van der Waals surface area contributed by atoms with E-state index in [9.17, 15) is 9.90 Å². The van der Waals surface area contributed by atoms with E-state index >= 15 is 0 Å². The van der Waals surface area contributed by atoms with Gasteiger partial charge in [-0.2, -0.15) is 0 Å². The van der Waals surface area contributed by atoms with Crippen LogP contribution in [0.1, 0.15) is 27.2 Å². The Labute approximate surface area is 167 Å². The summed E-state index contributed by atoms with van der Waals surface area (Å²) in [4.78, 5) is 16.9. The highest BCUT2D eigenvalue weighted by Gasteiger charge is 2.46. The molecule has 4 rings (SSSR count). The van der Waals surface area contributed by atoms with Crippen molar-refractivity contribution in [3.8, 4) is 5.75 Å². The second kappa shape index (κ2) is 8.57. The van der Waals surface area contributed by atoms with Crippen LogP contribution in [0.2, 0.25) is 0 Å². The van der Waals surface area contributed by atoms with Gasteiger partial charge in [-0.25, -0.2) is 4.79 Å². The van der Waals surface area contributed by atoms with Crippen LogP contribution in [0.4, 0.5) is 10.5 Å². The zero-order chi connectivity index (χ0) is 20.3. The summed E-state index contributed by atoms with van der Waals surface area (Å²) in [7, 11) is 0. The topological polar surface area (TPSA) is 85.3 Å². The average Bonchev–Trinajstić information content (AvgIpc) is 2.93. The molecule has 3 saturated heterocycles. The summed E-state index contributed by atoms with van der Waals surface area (Å²) in [6.07, 6.45) is 0.151. The number of anilines is 1. The number of nitrogens with one attached hydrogen (secondary N) is 1.